The Hall–Kier alpha value is -3.52. The number of nitrogens with zero attached hydrogens (tertiary/aromatic N) is 1. The number of amides is 1. The number of aliphatic hydroxyl groups excluding tert-OH is 1. The standard InChI is InChI=1S/C24H27NO7/c1-14-13-15(9-10-17(14)30-3)21(26)19-20(25(11-12-29-2)24(28)22(19)27)16-7-6-8-18(31-4)23(16)32-5/h6-10,13,20,26H,11-12H2,1-5H3/b21-19+/t20-/m1/s1. The second-order valence-corrected chi connectivity index (χ2v) is 7.25. The maximum absolute atomic E-state index is 13.1. The van der Waals surface area contributed by atoms with Crippen LogP contribution in [0.1, 0.15) is 22.7 Å². The molecule has 3 rings (SSSR count). The van der Waals surface area contributed by atoms with Gasteiger partial charge in [0.05, 0.1) is 39.6 Å². The summed E-state index contributed by atoms with van der Waals surface area (Å²) in [4.78, 5) is 27.4. The van der Waals surface area contributed by atoms with Crippen LogP contribution < -0.4 is 14.2 Å². The fourth-order valence-corrected chi connectivity index (χ4v) is 3.93. The van der Waals surface area contributed by atoms with E-state index < -0.39 is 17.7 Å². The van der Waals surface area contributed by atoms with Gasteiger partial charge in [-0.2, -0.15) is 0 Å². The second-order valence-electron chi connectivity index (χ2n) is 7.25. The quantitative estimate of drug-likeness (QED) is 0.382. The lowest BCUT2D eigenvalue weighted by atomic mass is 9.94. The van der Waals surface area contributed by atoms with Crippen molar-refractivity contribution in [1.82, 2.24) is 4.90 Å². The second kappa shape index (κ2) is 9.74. The molecule has 8 heteroatoms. The molecule has 2 aromatic carbocycles. The van der Waals surface area contributed by atoms with Crippen molar-refractivity contribution >= 4 is 17.4 Å². The fourth-order valence-electron chi connectivity index (χ4n) is 3.93. The number of ketones is 1. The van der Waals surface area contributed by atoms with Crippen molar-refractivity contribution < 1.29 is 33.6 Å². The third-order valence-electron chi connectivity index (χ3n) is 5.47. The van der Waals surface area contributed by atoms with Gasteiger partial charge >= 0.3 is 0 Å². The van der Waals surface area contributed by atoms with Crippen LogP contribution in [0.4, 0.5) is 0 Å². The van der Waals surface area contributed by atoms with E-state index in [4.69, 9.17) is 18.9 Å². The summed E-state index contributed by atoms with van der Waals surface area (Å²) in [6.07, 6.45) is 0. The number of likely N-dealkylation sites (tertiary alicyclic amines) is 1. The molecule has 0 spiro atoms. The average molecular weight is 441 g/mol. The van der Waals surface area contributed by atoms with E-state index in [1.165, 1.54) is 26.2 Å². The van der Waals surface area contributed by atoms with Gasteiger partial charge in [-0.1, -0.05) is 12.1 Å². The van der Waals surface area contributed by atoms with Crippen molar-refractivity contribution in [3.63, 3.8) is 0 Å². The van der Waals surface area contributed by atoms with Gasteiger partial charge in [0.1, 0.15) is 11.5 Å². The zero-order valence-electron chi connectivity index (χ0n) is 18.8. The van der Waals surface area contributed by atoms with Crippen LogP contribution in [0.3, 0.4) is 0 Å². The van der Waals surface area contributed by atoms with Gasteiger partial charge in [0, 0.05) is 24.8 Å². The highest BCUT2D eigenvalue weighted by molar-refractivity contribution is 6.46. The van der Waals surface area contributed by atoms with E-state index in [9.17, 15) is 14.7 Å². The Kier molecular flexibility index (Phi) is 7.05. The molecular formula is C24H27NO7. The summed E-state index contributed by atoms with van der Waals surface area (Å²) >= 11 is 0. The molecule has 1 amide bonds. The van der Waals surface area contributed by atoms with Gasteiger partial charge in [-0.05, 0) is 36.8 Å². The first kappa shape index (κ1) is 23.1. The molecule has 1 atom stereocenters. The summed E-state index contributed by atoms with van der Waals surface area (Å²) in [7, 11) is 6.05. The van der Waals surface area contributed by atoms with Gasteiger partial charge in [-0.25, -0.2) is 0 Å². The molecule has 1 aliphatic rings. The molecule has 1 fully saturated rings. The molecule has 1 heterocycles. The van der Waals surface area contributed by atoms with Gasteiger partial charge in [0.2, 0.25) is 0 Å². The van der Waals surface area contributed by atoms with E-state index in [0.717, 1.165) is 5.56 Å². The predicted molar refractivity (Wildman–Crippen MR) is 118 cm³/mol. The van der Waals surface area contributed by atoms with Crippen LogP contribution in [0, 0.1) is 6.92 Å². The lowest BCUT2D eigenvalue weighted by molar-refractivity contribution is -0.140. The van der Waals surface area contributed by atoms with Crippen molar-refractivity contribution in [2.45, 2.75) is 13.0 Å². The van der Waals surface area contributed by atoms with Gasteiger partial charge < -0.3 is 29.0 Å². The first-order valence-electron chi connectivity index (χ1n) is 10.0. The van der Waals surface area contributed by atoms with Crippen molar-refractivity contribution in [3.8, 4) is 17.2 Å². The van der Waals surface area contributed by atoms with E-state index in [-0.39, 0.29) is 24.5 Å². The maximum atomic E-state index is 13.1. The Balaban J connectivity index is 2.25. The largest absolute Gasteiger partial charge is 0.507 e. The van der Waals surface area contributed by atoms with Crippen LogP contribution in [0.5, 0.6) is 17.2 Å². The van der Waals surface area contributed by atoms with E-state index in [2.05, 4.69) is 0 Å². The number of para-hydroxylation sites is 1. The van der Waals surface area contributed by atoms with Crippen LogP contribution >= 0.6 is 0 Å². The zero-order chi connectivity index (χ0) is 23.4. The lowest BCUT2D eigenvalue weighted by Crippen LogP contribution is -2.32. The maximum Gasteiger partial charge on any atom is 0.295 e. The van der Waals surface area contributed by atoms with Crippen LogP contribution in [0.2, 0.25) is 0 Å². The minimum Gasteiger partial charge on any atom is -0.507 e. The Morgan fingerprint density at radius 1 is 1.00 bits per heavy atom. The smallest absolute Gasteiger partial charge is 0.295 e. The normalized spacial score (nSPS) is 17.5. The molecule has 0 saturated carbocycles. The number of hydrogen-bond acceptors (Lipinski definition) is 7. The molecular weight excluding hydrogens is 414 g/mol. The van der Waals surface area contributed by atoms with Crippen molar-refractivity contribution in [3.05, 3.63) is 58.7 Å². The molecule has 170 valence electrons. The van der Waals surface area contributed by atoms with Gasteiger partial charge in [-0.15, -0.1) is 0 Å². The number of hydrogen-bond donors (Lipinski definition) is 1. The Morgan fingerprint density at radius 2 is 1.72 bits per heavy atom. The fraction of sp³-hybridized carbons (Fsp3) is 0.333. The van der Waals surface area contributed by atoms with E-state index >= 15 is 0 Å². The number of aryl methyl sites for hydroxylation is 1. The summed E-state index contributed by atoms with van der Waals surface area (Å²) < 4.78 is 21.4. The third-order valence-corrected chi connectivity index (χ3v) is 5.47. The van der Waals surface area contributed by atoms with Gasteiger partial charge in [-0.3, -0.25) is 9.59 Å². The van der Waals surface area contributed by atoms with Gasteiger partial charge in [0.15, 0.2) is 11.5 Å². The highest BCUT2D eigenvalue weighted by Gasteiger charge is 2.47. The Labute approximate surface area is 187 Å². The number of carbonyl (C=O) groups excluding carboxylic acids is 2. The summed E-state index contributed by atoms with van der Waals surface area (Å²) in [5.41, 5.74) is 1.68. The number of carbonyl (C=O) groups is 2. The molecule has 1 saturated heterocycles. The predicted octanol–water partition coefficient (Wildman–Crippen LogP) is 3.09. The minimum atomic E-state index is -0.877. The molecule has 32 heavy (non-hydrogen) atoms. The van der Waals surface area contributed by atoms with Crippen molar-refractivity contribution in [2.75, 3.05) is 41.6 Å². The monoisotopic (exact) mass is 441 g/mol. The average Bonchev–Trinajstić information content (AvgIpc) is 3.06. The minimum absolute atomic E-state index is 0.0257. The summed E-state index contributed by atoms with van der Waals surface area (Å²) in [6, 6.07) is 9.37. The number of aliphatic hydroxyl groups is 1. The summed E-state index contributed by atoms with van der Waals surface area (Å²) in [5.74, 6) is -0.300. The highest BCUT2D eigenvalue weighted by Crippen LogP contribution is 2.45. The molecule has 0 radical (unpaired) electrons. The van der Waals surface area contributed by atoms with Crippen molar-refractivity contribution in [1.29, 1.82) is 0 Å². The Bertz CT molecular complexity index is 1060. The van der Waals surface area contributed by atoms with E-state index in [0.29, 0.717) is 28.4 Å². The van der Waals surface area contributed by atoms with Crippen LogP contribution in [0.25, 0.3) is 5.76 Å². The van der Waals surface area contributed by atoms with Crippen molar-refractivity contribution in [2.24, 2.45) is 0 Å². The molecule has 1 aliphatic heterocycles. The van der Waals surface area contributed by atoms with E-state index in [1.807, 2.05) is 6.92 Å². The molecule has 8 nitrogen and oxygen atoms in total. The number of methoxy groups -OCH3 is 4. The van der Waals surface area contributed by atoms with E-state index in [1.54, 1.807) is 43.5 Å². The number of ether oxygens (including phenoxy) is 4. The molecule has 0 aliphatic carbocycles. The molecule has 1 N–H and O–H groups in total. The number of benzene rings is 2. The Morgan fingerprint density at radius 3 is 2.31 bits per heavy atom. The SMILES string of the molecule is COCCN1C(=O)C(=O)/C(=C(/O)c2ccc(OC)c(C)c2)[C@H]1c1cccc(OC)c1OC. The van der Waals surface area contributed by atoms with Crippen LogP contribution in [-0.2, 0) is 14.3 Å². The zero-order valence-corrected chi connectivity index (χ0v) is 18.8. The molecule has 0 unspecified atom stereocenters. The number of rotatable bonds is 8. The summed E-state index contributed by atoms with van der Waals surface area (Å²) in [6.45, 7) is 2.21. The first-order chi connectivity index (χ1) is 15.4. The first-order valence-corrected chi connectivity index (χ1v) is 10.0. The van der Waals surface area contributed by atoms with Gasteiger partial charge in [0.25, 0.3) is 11.7 Å². The molecule has 2 aromatic rings. The molecule has 0 bridgehead atoms. The van der Waals surface area contributed by atoms with Crippen LogP contribution in [0.15, 0.2) is 42.0 Å². The third kappa shape index (κ3) is 4.01. The summed E-state index contributed by atoms with van der Waals surface area (Å²) in [5, 5.41) is 11.2. The van der Waals surface area contributed by atoms with Crippen LogP contribution in [-0.4, -0.2) is 63.3 Å². The molecule has 0 aromatic heterocycles. The lowest BCUT2D eigenvalue weighted by Gasteiger charge is -2.27. The highest BCUT2D eigenvalue weighted by atomic mass is 16.5. The number of Topliss-reactive ketones (excluding diaryl/α,β-unsaturated/α-hetero) is 1. The topological polar surface area (TPSA) is 94.5 Å².